The molecule has 0 aliphatic carbocycles. The van der Waals surface area contributed by atoms with Crippen molar-refractivity contribution in [3.8, 4) is 0 Å². The van der Waals surface area contributed by atoms with Crippen LogP contribution in [0.2, 0.25) is 0 Å². The van der Waals surface area contributed by atoms with Gasteiger partial charge >= 0.3 is 0 Å². The molecule has 0 heterocycles. The van der Waals surface area contributed by atoms with Crippen molar-refractivity contribution in [1.29, 1.82) is 0 Å². The fourth-order valence-electron chi connectivity index (χ4n) is 1.76. The third kappa shape index (κ3) is 3.99. The molecule has 1 unspecified atom stereocenters. The van der Waals surface area contributed by atoms with Crippen LogP contribution in [0.1, 0.15) is 30.6 Å². The van der Waals surface area contributed by atoms with Gasteiger partial charge in [0.05, 0.1) is 16.6 Å². The number of nitro groups is 1. The number of carbonyl (C=O) groups excluding carboxylic acids is 1. The fraction of sp³-hybridized carbons (Fsp3) is 0.462. The van der Waals surface area contributed by atoms with Gasteiger partial charge in [-0.2, -0.15) is 0 Å². The highest BCUT2D eigenvalue weighted by Gasteiger charge is 2.20. The second-order valence-electron chi connectivity index (χ2n) is 4.76. The van der Waals surface area contributed by atoms with E-state index in [4.69, 9.17) is 5.11 Å². The number of nitrogens with one attached hydrogen (secondary N) is 1. The summed E-state index contributed by atoms with van der Waals surface area (Å²) in [6, 6.07) is 2.58. The molecular formula is C13H17FN2O4. The van der Waals surface area contributed by atoms with E-state index in [2.05, 4.69) is 5.32 Å². The van der Waals surface area contributed by atoms with E-state index in [1.54, 1.807) is 0 Å². The molecular weight excluding hydrogens is 267 g/mol. The van der Waals surface area contributed by atoms with Crippen LogP contribution in [0.4, 0.5) is 10.1 Å². The predicted octanol–water partition coefficient (Wildman–Crippen LogP) is 1.87. The average Bonchev–Trinajstić information content (AvgIpc) is 2.37. The number of benzene rings is 1. The lowest BCUT2D eigenvalue weighted by Crippen LogP contribution is -2.39. The Balaban J connectivity index is 2.89. The number of nitrogens with zero attached hydrogens (tertiary/aromatic N) is 1. The average molecular weight is 284 g/mol. The highest BCUT2D eigenvalue weighted by molar-refractivity contribution is 5.94. The minimum absolute atomic E-state index is 0.0761. The van der Waals surface area contributed by atoms with E-state index in [0.717, 1.165) is 12.1 Å². The van der Waals surface area contributed by atoms with Crippen molar-refractivity contribution >= 4 is 11.6 Å². The quantitative estimate of drug-likeness (QED) is 0.616. The number of halogens is 1. The van der Waals surface area contributed by atoms with Gasteiger partial charge < -0.3 is 10.4 Å². The lowest BCUT2D eigenvalue weighted by atomic mass is 10.0. The Labute approximate surface area is 115 Å². The van der Waals surface area contributed by atoms with Crippen LogP contribution < -0.4 is 5.32 Å². The summed E-state index contributed by atoms with van der Waals surface area (Å²) >= 11 is 0. The summed E-state index contributed by atoms with van der Waals surface area (Å²) in [5.74, 6) is -1.51. The maximum atomic E-state index is 13.7. The third-order valence-electron chi connectivity index (χ3n) is 2.97. The Morgan fingerprint density at radius 2 is 2.15 bits per heavy atom. The van der Waals surface area contributed by atoms with Crippen molar-refractivity contribution in [2.24, 2.45) is 5.92 Å². The SMILES string of the molecule is CC(C)C(CCO)NC(=O)c1ccc([N+](=O)[O-])cc1F. The van der Waals surface area contributed by atoms with Gasteiger partial charge in [0.1, 0.15) is 5.82 Å². The molecule has 6 nitrogen and oxygen atoms in total. The number of nitro benzene ring substituents is 1. The highest BCUT2D eigenvalue weighted by Crippen LogP contribution is 2.17. The zero-order valence-corrected chi connectivity index (χ0v) is 11.3. The van der Waals surface area contributed by atoms with Crippen LogP contribution >= 0.6 is 0 Å². The van der Waals surface area contributed by atoms with Gasteiger partial charge in [-0.05, 0) is 18.4 Å². The Morgan fingerprint density at radius 1 is 1.50 bits per heavy atom. The number of carbonyl (C=O) groups is 1. The topological polar surface area (TPSA) is 92.5 Å². The van der Waals surface area contributed by atoms with Crippen LogP contribution in [-0.4, -0.2) is 28.6 Å². The summed E-state index contributed by atoms with van der Waals surface area (Å²) in [5, 5.41) is 22.0. The van der Waals surface area contributed by atoms with Gasteiger partial charge in [-0.3, -0.25) is 14.9 Å². The van der Waals surface area contributed by atoms with E-state index in [9.17, 15) is 19.3 Å². The van der Waals surface area contributed by atoms with Crippen molar-refractivity contribution in [2.75, 3.05) is 6.61 Å². The zero-order valence-electron chi connectivity index (χ0n) is 11.3. The number of amides is 1. The number of rotatable bonds is 6. The molecule has 0 radical (unpaired) electrons. The molecule has 7 heteroatoms. The van der Waals surface area contributed by atoms with Gasteiger partial charge in [-0.1, -0.05) is 13.8 Å². The molecule has 0 bridgehead atoms. The first kappa shape index (κ1) is 16.0. The maximum Gasteiger partial charge on any atom is 0.272 e. The second kappa shape index (κ2) is 6.95. The molecule has 0 spiro atoms. The first-order valence-corrected chi connectivity index (χ1v) is 6.22. The summed E-state index contributed by atoms with van der Waals surface area (Å²) in [6.07, 6.45) is 0.359. The summed E-state index contributed by atoms with van der Waals surface area (Å²) in [7, 11) is 0. The monoisotopic (exact) mass is 284 g/mol. The first-order valence-electron chi connectivity index (χ1n) is 6.22. The maximum absolute atomic E-state index is 13.7. The smallest absolute Gasteiger partial charge is 0.272 e. The highest BCUT2D eigenvalue weighted by atomic mass is 19.1. The lowest BCUT2D eigenvalue weighted by molar-refractivity contribution is -0.385. The van der Waals surface area contributed by atoms with Crippen LogP contribution in [0.5, 0.6) is 0 Å². The Morgan fingerprint density at radius 3 is 2.60 bits per heavy atom. The fourth-order valence-corrected chi connectivity index (χ4v) is 1.76. The standard InChI is InChI=1S/C13H17FN2O4/c1-8(2)12(5-6-17)15-13(18)10-4-3-9(16(19)20)7-11(10)14/h3-4,7-8,12,17H,5-6H2,1-2H3,(H,15,18). The summed E-state index contributed by atoms with van der Waals surface area (Å²) < 4.78 is 13.7. The van der Waals surface area contributed by atoms with E-state index in [1.165, 1.54) is 0 Å². The van der Waals surface area contributed by atoms with Crippen LogP contribution in [-0.2, 0) is 0 Å². The molecule has 1 rings (SSSR count). The molecule has 0 fully saturated rings. The van der Waals surface area contributed by atoms with Crippen molar-refractivity contribution in [3.63, 3.8) is 0 Å². The van der Waals surface area contributed by atoms with E-state index >= 15 is 0 Å². The number of aliphatic hydroxyl groups is 1. The number of non-ortho nitro benzene ring substituents is 1. The van der Waals surface area contributed by atoms with Gasteiger partial charge in [0.15, 0.2) is 0 Å². The van der Waals surface area contributed by atoms with Crippen LogP contribution in [0.3, 0.4) is 0 Å². The molecule has 1 aromatic carbocycles. The Hall–Kier alpha value is -2.02. The molecule has 0 aliphatic heterocycles. The van der Waals surface area contributed by atoms with Gasteiger partial charge in [0, 0.05) is 18.7 Å². The molecule has 1 amide bonds. The van der Waals surface area contributed by atoms with Crippen molar-refractivity contribution < 1.29 is 19.2 Å². The van der Waals surface area contributed by atoms with Crippen molar-refractivity contribution in [1.82, 2.24) is 5.32 Å². The van der Waals surface area contributed by atoms with E-state index in [0.29, 0.717) is 12.5 Å². The van der Waals surface area contributed by atoms with Gasteiger partial charge in [0.2, 0.25) is 0 Å². The van der Waals surface area contributed by atoms with Crippen LogP contribution in [0, 0.1) is 21.8 Å². The third-order valence-corrected chi connectivity index (χ3v) is 2.97. The van der Waals surface area contributed by atoms with Gasteiger partial charge in [-0.15, -0.1) is 0 Å². The lowest BCUT2D eigenvalue weighted by Gasteiger charge is -2.21. The molecule has 2 N–H and O–H groups in total. The summed E-state index contributed by atoms with van der Waals surface area (Å²) in [6.45, 7) is 3.64. The Bertz CT molecular complexity index is 505. The van der Waals surface area contributed by atoms with Crippen molar-refractivity contribution in [2.45, 2.75) is 26.3 Å². The molecule has 0 saturated heterocycles. The van der Waals surface area contributed by atoms with Gasteiger partial charge in [0.25, 0.3) is 11.6 Å². The summed E-state index contributed by atoms with van der Waals surface area (Å²) in [4.78, 5) is 21.7. The zero-order chi connectivity index (χ0) is 15.3. The van der Waals surface area contributed by atoms with E-state index in [1.807, 2.05) is 13.8 Å². The molecule has 1 atom stereocenters. The molecule has 110 valence electrons. The summed E-state index contributed by atoms with van der Waals surface area (Å²) in [5.41, 5.74) is -0.658. The van der Waals surface area contributed by atoms with Crippen LogP contribution in [0.15, 0.2) is 18.2 Å². The first-order chi connectivity index (χ1) is 9.36. The molecule has 0 aromatic heterocycles. The molecule has 0 aliphatic rings. The normalized spacial score (nSPS) is 12.2. The largest absolute Gasteiger partial charge is 0.396 e. The number of hydrogen-bond donors (Lipinski definition) is 2. The van der Waals surface area contributed by atoms with E-state index in [-0.39, 0.29) is 24.1 Å². The molecule has 1 aromatic rings. The number of aliphatic hydroxyl groups excluding tert-OH is 1. The van der Waals surface area contributed by atoms with E-state index < -0.39 is 22.3 Å². The Kier molecular flexibility index (Phi) is 5.57. The number of hydrogen-bond acceptors (Lipinski definition) is 4. The molecule has 0 saturated carbocycles. The minimum Gasteiger partial charge on any atom is -0.396 e. The molecule has 20 heavy (non-hydrogen) atoms. The van der Waals surface area contributed by atoms with Crippen LogP contribution in [0.25, 0.3) is 0 Å². The van der Waals surface area contributed by atoms with Crippen molar-refractivity contribution in [3.05, 3.63) is 39.7 Å². The predicted molar refractivity (Wildman–Crippen MR) is 70.8 cm³/mol. The van der Waals surface area contributed by atoms with Gasteiger partial charge in [-0.25, -0.2) is 4.39 Å². The minimum atomic E-state index is -0.941. The second-order valence-corrected chi connectivity index (χ2v) is 4.76.